The molecule has 2 aromatic rings. The lowest BCUT2D eigenvalue weighted by Crippen LogP contribution is -2.40. The topological polar surface area (TPSA) is 56.8 Å². The summed E-state index contributed by atoms with van der Waals surface area (Å²) in [6, 6.07) is 12.7. The van der Waals surface area contributed by atoms with E-state index in [1.54, 1.807) is 18.2 Å². The number of benzene rings is 2. The highest BCUT2D eigenvalue weighted by Gasteiger charge is 2.27. The summed E-state index contributed by atoms with van der Waals surface area (Å²) in [6.45, 7) is -2.79. The smallest absolute Gasteiger partial charge is 0.387 e. The highest BCUT2D eigenvalue weighted by Crippen LogP contribution is 2.31. The van der Waals surface area contributed by atoms with Gasteiger partial charge in [-0.05, 0) is 36.4 Å². The molecule has 1 heterocycles. The Kier molecular flexibility index (Phi) is 4.27. The maximum absolute atomic E-state index is 12.2. The fourth-order valence-corrected chi connectivity index (χ4v) is 2.09. The van der Waals surface area contributed by atoms with E-state index in [0.717, 1.165) is 0 Å². The number of ether oxygens (including phenoxy) is 3. The van der Waals surface area contributed by atoms with Crippen LogP contribution in [0, 0.1) is 0 Å². The summed E-state index contributed by atoms with van der Waals surface area (Å²) in [5.41, 5.74) is 0.444. The highest BCUT2D eigenvalue weighted by atomic mass is 19.3. The second-order valence-electron chi connectivity index (χ2n) is 4.76. The molecule has 1 N–H and O–H groups in total. The first kappa shape index (κ1) is 15.1. The van der Waals surface area contributed by atoms with Crippen molar-refractivity contribution in [2.45, 2.75) is 12.7 Å². The van der Waals surface area contributed by atoms with Gasteiger partial charge in [0.05, 0.1) is 0 Å². The molecular formula is C16H13F2NO4. The lowest BCUT2D eigenvalue weighted by molar-refractivity contribution is -0.125. The van der Waals surface area contributed by atoms with Crippen molar-refractivity contribution in [3.63, 3.8) is 0 Å². The average Bonchev–Trinajstić information content (AvgIpc) is 2.55. The molecule has 0 saturated carbocycles. The van der Waals surface area contributed by atoms with Crippen LogP contribution < -0.4 is 19.5 Å². The Bertz CT molecular complexity index is 691. The van der Waals surface area contributed by atoms with E-state index in [1.165, 1.54) is 24.3 Å². The van der Waals surface area contributed by atoms with E-state index in [2.05, 4.69) is 10.1 Å². The summed E-state index contributed by atoms with van der Waals surface area (Å²) in [4.78, 5) is 12.2. The van der Waals surface area contributed by atoms with Crippen LogP contribution in [0.1, 0.15) is 0 Å². The van der Waals surface area contributed by atoms with Gasteiger partial charge in [-0.1, -0.05) is 12.1 Å². The predicted octanol–water partition coefficient (Wildman–Crippen LogP) is 3.07. The lowest BCUT2D eigenvalue weighted by Gasteiger charge is -2.25. The molecule has 0 aromatic heterocycles. The summed E-state index contributed by atoms with van der Waals surface area (Å²) >= 11 is 0. The Morgan fingerprint density at radius 2 is 1.83 bits per heavy atom. The minimum Gasteiger partial charge on any atom is -0.485 e. The number of halogens is 2. The van der Waals surface area contributed by atoms with Gasteiger partial charge in [0.15, 0.2) is 11.5 Å². The molecule has 0 spiro atoms. The SMILES string of the molecule is O=C(Nc1ccc(OC(F)F)cc1)[C@H]1COc2ccccc2O1. The summed E-state index contributed by atoms with van der Waals surface area (Å²) in [5, 5.41) is 2.64. The van der Waals surface area contributed by atoms with Gasteiger partial charge in [0.2, 0.25) is 6.10 Å². The number of nitrogens with one attached hydrogen (secondary N) is 1. The number of hydrogen-bond acceptors (Lipinski definition) is 4. The van der Waals surface area contributed by atoms with Gasteiger partial charge in [-0.2, -0.15) is 8.78 Å². The molecule has 2 aromatic carbocycles. The van der Waals surface area contributed by atoms with Crippen LogP contribution in [0.3, 0.4) is 0 Å². The normalized spacial score (nSPS) is 16.0. The number of amides is 1. The summed E-state index contributed by atoms with van der Waals surface area (Å²) < 4.78 is 39.4. The van der Waals surface area contributed by atoms with Crippen molar-refractivity contribution >= 4 is 11.6 Å². The molecule has 0 saturated heterocycles. The van der Waals surface area contributed by atoms with Gasteiger partial charge in [-0.3, -0.25) is 4.79 Å². The van der Waals surface area contributed by atoms with Crippen LogP contribution in [0.2, 0.25) is 0 Å². The Balaban J connectivity index is 1.61. The molecule has 7 heteroatoms. The number of alkyl halides is 2. The van der Waals surface area contributed by atoms with E-state index < -0.39 is 12.7 Å². The fraction of sp³-hybridized carbons (Fsp3) is 0.188. The Morgan fingerprint density at radius 1 is 1.13 bits per heavy atom. The number of anilines is 1. The van der Waals surface area contributed by atoms with E-state index >= 15 is 0 Å². The van der Waals surface area contributed by atoms with E-state index in [4.69, 9.17) is 9.47 Å². The van der Waals surface area contributed by atoms with Crippen molar-refractivity contribution in [3.8, 4) is 17.2 Å². The zero-order valence-corrected chi connectivity index (χ0v) is 11.9. The van der Waals surface area contributed by atoms with Crippen molar-refractivity contribution < 1.29 is 27.8 Å². The molecule has 1 aliphatic rings. The van der Waals surface area contributed by atoms with Gasteiger partial charge in [0.1, 0.15) is 12.4 Å². The molecule has 23 heavy (non-hydrogen) atoms. The summed E-state index contributed by atoms with van der Waals surface area (Å²) in [7, 11) is 0. The number of carbonyl (C=O) groups is 1. The quantitative estimate of drug-likeness (QED) is 0.940. The first-order valence-electron chi connectivity index (χ1n) is 6.86. The third-order valence-corrected chi connectivity index (χ3v) is 3.15. The van der Waals surface area contributed by atoms with Gasteiger partial charge >= 0.3 is 6.61 Å². The van der Waals surface area contributed by atoms with Crippen molar-refractivity contribution in [1.29, 1.82) is 0 Å². The number of rotatable bonds is 4. The van der Waals surface area contributed by atoms with Crippen molar-refractivity contribution in [3.05, 3.63) is 48.5 Å². The maximum atomic E-state index is 12.2. The molecule has 120 valence electrons. The molecule has 0 unspecified atom stereocenters. The molecule has 0 aliphatic carbocycles. The minimum absolute atomic E-state index is 0.0178. The Hall–Kier alpha value is -2.83. The summed E-state index contributed by atoms with van der Waals surface area (Å²) in [5.74, 6) is 0.718. The molecule has 0 radical (unpaired) electrons. The molecule has 0 fully saturated rings. The van der Waals surface area contributed by atoms with Crippen molar-refractivity contribution in [2.24, 2.45) is 0 Å². The zero-order chi connectivity index (χ0) is 16.2. The van der Waals surface area contributed by atoms with E-state index in [0.29, 0.717) is 17.2 Å². The van der Waals surface area contributed by atoms with Gasteiger partial charge in [-0.25, -0.2) is 0 Å². The summed E-state index contributed by atoms with van der Waals surface area (Å²) in [6.07, 6.45) is -0.790. The standard InChI is InChI=1S/C16H13F2NO4/c17-16(18)22-11-7-5-10(6-8-11)19-15(20)14-9-21-12-3-1-2-4-13(12)23-14/h1-8,14,16H,9H2,(H,19,20)/t14-/m1/s1. The first-order chi connectivity index (χ1) is 11.1. The van der Waals surface area contributed by atoms with Crippen LogP contribution in [0.15, 0.2) is 48.5 Å². The molecule has 1 aliphatic heterocycles. The largest absolute Gasteiger partial charge is 0.485 e. The lowest BCUT2D eigenvalue weighted by atomic mass is 10.2. The third kappa shape index (κ3) is 3.68. The number of carbonyl (C=O) groups excluding carboxylic acids is 1. The molecule has 0 bridgehead atoms. The molecule has 3 rings (SSSR count). The van der Waals surface area contributed by atoms with Crippen molar-refractivity contribution in [2.75, 3.05) is 11.9 Å². The highest BCUT2D eigenvalue weighted by molar-refractivity contribution is 5.94. The van der Waals surface area contributed by atoms with Crippen LogP contribution in [0.5, 0.6) is 17.2 Å². The zero-order valence-electron chi connectivity index (χ0n) is 11.9. The van der Waals surface area contributed by atoms with Crippen molar-refractivity contribution in [1.82, 2.24) is 0 Å². The van der Waals surface area contributed by atoms with Gasteiger partial charge in [0.25, 0.3) is 5.91 Å². The predicted molar refractivity (Wildman–Crippen MR) is 78.1 cm³/mol. The maximum Gasteiger partial charge on any atom is 0.387 e. The number of fused-ring (bicyclic) bond motifs is 1. The van der Waals surface area contributed by atoms with Crippen LogP contribution in [0.4, 0.5) is 14.5 Å². The monoisotopic (exact) mass is 321 g/mol. The fourth-order valence-electron chi connectivity index (χ4n) is 2.09. The number of hydrogen-bond donors (Lipinski definition) is 1. The van der Waals surface area contributed by atoms with Gasteiger partial charge < -0.3 is 19.5 Å². The third-order valence-electron chi connectivity index (χ3n) is 3.15. The van der Waals surface area contributed by atoms with Crippen LogP contribution >= 0.6 is 0 Å². The second-order valence-corrected chi connectivity index (χ2v) is 4.76. The van der Waals surface area contributed by atoms with Crippen LogP contribution in [0.25, 0.3) is 0 Å². The first-order valence-corrected chi connectivity index (χ1v) is 6.86. The Labute approximate surface area is 130 Å². The minimum atomic E-state index is -2.89. The van der Waals surface area contributed by atoms with E-state index in [-0.39, 0.29) is 18.3 Å². The molecule has 1 amide bonds. The number of para-hydroxylation sites is 2. The van der Waals surface area contributed by atoms with Crippen LogP contribution in [-0.2, 0) is 4.79 Å². The van der Waals surface area contributed by atoms with E-state index in [9.17, 15) is 13.6 Å². The van der Waals surface area contributed by atoms with Gasteiger partial charge in [-0.15, -0.1) is 0 Å². The van der Waals surface area contributed by atoms with E-state index in [1.807, 2.05) is 6.07 Å². The second kappa shape index (κ2) is 6.51. The Morgan fingerprint density at radius 3 is 2.52 bits per heavy atom. The van der Waals surface area contributed by atoms with Crippen LogP contribution in [-0.4, -0.2) is 25.2 Å². The molecule has 1 atom stereocenters. The molecule has 5 nitrogen and oxygen atoms in total. The average molecular weight is 321 g/mol. The van der Waals surface area contributed by atoms with Gasteiger partial charge in [0, 0.05) is 5.69 Å². The molecular weight excluding hydrogens is 308 g/mol.